The molecule has 2 aromatic heterocycles. The van der Waals surface area contributed by atoms with Gasteiger partial charge in [0.15, 0.2) is 0 Å². The number of phenolic OH excluding ortho intramolecular Hbond substituents is 2. The summed E-state index contributed by atoms with van der Waals surface area (Å²) in [6, 6.07) is 20.1. The van der Waals surface area contributed by atoms with Gasteiger partial charge in [-0.15, -0.1) is 10.2 Å². The third-order valence-corrected chi connectivity index (χ3v) is 5.93. The maximum absolute atomic E-state index is 12.7. The third-order valence-electron chi connectivity index (χ3n) is 5.93. The quantitative estimate of drug-likeness (QED) is 0.211. The first-order chi connectivity index (χ1) is 19.4. The molecule has 5 rings (SSSR count). The van der Waals surface area contributed by atoms with Crippen LogP contribution in [0.5, 0.6) is 11.5 Å². The minimum Gasteiger partial charge on any atom is -0.508 e. The van der Waals surface area contributed by atoms with E-state index in [1.165, 1.54) is 6.07 Å². The number of rotatable bonds is 10. The van der Waals surface area contributed by atoms with E-state index in [1.807, 2.05) is 12.1 Å². The van der Waals surface area contributed by atoms with Crippen molar-refractivity contribution in [2.45, 2.75) is 26.2 Å². The highest BCUT2D eigenvalue weighted by atomic mass is 16.3. The van der Waals surface area contributed by atoms with Gasteiger partial charge in [0.1, 0.15) is 22.9 Å². The van der Waals surface area contributed by atoms with Crippen LogP contribution < -0.4 is 10.6 Å². The SMILES string of the molecule is O=C(NCc1cn(Cc2cccc(O)c2)nn1)c1cccc(C(=O)NCc2cn(Cc3cccc(O)c3)nn2)c1. The first kappa shape index (κ1) is 26.1. The fraction of sp³-hybridized carbons (Fsp3) is 0.143. The molecule has 0 bridgehead atoms. The van der Waals surface area contributed by atoms with Crippen molar-refractivity contribution < 1.29 is 19.8 Å². The molecular formula is C28H26N8O4. The van der Waals surface area contributed by atoms with Crippen molar-refractivity contribution >= 4 is 11.8 Å². The zero-order valence-electron chi connectivity index (χ0n) is 21.3. The lowest BCUT2D eigenvalue weighted by molar-refractivity contribution is 0.0950. The van der Waals surface area contributed by atoms with Crippen LogP contribution in [0.3, 0.4) is 0 Å². The number of phenols is 2. The molecule has 0 spiro atoms. The Morgan fingerprint density at radius 2 is 1.10 bits per heavy atom. The highest BCUT2D eigenvalue weighted by Gasteiger charge is 2.12. The number of aromatic nitrogens is 6. The highest BCUT2D eigenvalue weighted by molar-refractivity contribution is 5.99. The van der Waals surface area contributed by atoms with Gasteiger partial charge in [0, 0.05) is 11.1 Å². The van der Waals surface area contributed by atoms with Crippen LogP contribution in [-0.2, 0) is 26.2 Å². The van der Waals surface area contributed by atoms with E-state index in [1.54, 1.807) is 76.4 Å². The number of carbonyl (C=O) groups is 2. The second-order valence-corrected chi connectivity index (χ2v) is 9.10. The molecule has 0 saturated carbocycles. The van der Waals surface area contributed by atoms with Gasteiger partial charge >= 0.3 is 0 Å². The van der Waals surface area contributed by atoms with Crippen molar-refractivity contribution in [2.24, 2.45) is 0 Å². The van der Waals surface area contributed by atoms with Gasteiger partial charge in [-0.2, -0.15) is 0 Å². The Hall–Kier alpha value is -5.52. The van der Waals surface area contributed by atoms with E-state index >= 15 is 0 Å². The van der Waals surface area contributed by atoms with Crippen LogP contribution in [-0.4, -0.2) is 52.0 Å². The normalized spacial score (nSPS) is 10.8. The molecule has 4 N–H and O–H groups in total. The van der Waals surface area contributed by atoms with E-state index in [4.69, 9.17) is 0 Å². The zero-order valence-corrected chi connectivity index (χ0v) is 21.3. The topological polar surface area (TPSA) is 160 Å². The summed E-state index contributed by atoms with van der Waals surface area (Å²) in [5.74, 6) is -0.357. The van der Waals surface area contributed by atoms with Gasteiger partial charge < -0.3 is 20.8 Å². The van der Waals surface area contributed by atoms with Gasteiger partial charge in [-0.3, -0.25) is 9.59 Å². The Bertz CT molecular complexity index is 1530. The molecule has 2 amide bonds. The number of nitrogens with zero attached hydrogens (tertiary/aromatic N) is 6. The molecule has 0 aliphatic carbocycles. The molecule has 0 unspecified atom stereocenters. The Morgan fingerprint density at radius 1 is 0.650 bits per heavy atom. The lowest BCUT2D eigenvalue weighted by Gasteiger charge is -2.07. The summed E-state index contributed by atoms with van der Waals surface area (Å²) < 4.78 is 3.23. The smallest absolute Gasteiger partial charge is 0.251 e. The molecule has 0 radical (unpaired) electrons. The van der Waals surface area contributed by atoms with Crippen molar-refractivity contribution in [1.29, 1.82) is 0 Å². The molecule has 0 aliphatic heterocycles. The summed E-state index contributed by atoms with van der Waals surface area (Å²) in [5, 5.41) is 41.1. The first-order valence-electron chi connectivity index (χ1n) is 12.4. The molecule has 12 nitrogen and oxygen atoms in total. The summed E-state index contributed by atoms with van der Waals surface area (Å²) >= 11 is 0. The Labute approximate surface area is 228 Å². The highest BCUT2D eigenvalue weighted by Crippen LogP contribution is 2.13. The van der Waals surface area contributed by atoms with Crippen LogP contribution >= 0.6 is 0 Å². The van der Waals surface area contributed by atoms with Crippen LogP contribution in [0.15, 0.2) is 85.2 Å². The zero-order chi connectivity index (χ0) is 27.9. The molecule has 40 heavy (non-hydrogen) atoms. The average Bonchev–Trinajstić information content (AvgIpc) is 3.59. The van der Waals surface area contributed by atoms with E-state index in [0.29, 0.717) is 35.6 Å². The van der Waals surface area contributed by atoms with Crippen molar-refractivity contribution in [1.82, 2.24) is 40.6 Å². The van der Waals surface area contributed by atoms with E-state index in [-0.39, 0.29) is 36.4 Å². The van der Waals surface area contributed by atoms with Gasteiger partial charge in [0.25, 0.3) is 11.8 Å². The first-order valence-corrected chi connectivity index (χ1v) is 12.4. The molecule has 0 fully saturated rings. The predicted octanol–water partition coefficient (Wildman–Crippen LogP) is 2.24. The standard InChI is InChI=1S/C28H26N8O4/c37-25-8-1-4-19(10-25)15-35-17-23(31-33-35)13-29-27(39)21-6-3-7-22(12-21)28(40)30-14-24-18-36(34-32-24)16-20-5-2-9-26(38)11-20/h1-12,17-18,37-38H,13-16H2,(H,29,39)(H,30,40). The fourth-order valence-corrected chi connectivity index (χ4v) is 4.02. The van der Waals surface area contributed by atoms with Crippen LogP contribution in [0, 0.1) is 0 Å². The maximum Gasteiger partial charge on any atom is 0.251 e. The summed E-state index contributed by atoms with van der Waals surface area (Å²) in [6.45, 7) is 1.18. The van der Waals surface area contributed by atoms with E-state index < -0.39 is 0 Å². The maximum atomic E-state index is 12.7. The van der Waals surface area contributed by atoms with Crippen LogP contribution in [0.4, 0.5) is 0 Å². The summed E-state index contributed by atoms with van der Waals surface area (Å²) in [6.07, 6.45) is 3.43. The molecule has 0 aliphatic rings. The number of carbonyl (C=O) groups excluding carboxylic acids is 2. The number of hydrogen-bond acceptors (Lipinski definition) is 8. The summed E-state index contributed by atoms with van der Waals surface area (Å²) in [7, 11) is 0. The van der Waals surface area contributed by atoms with E-state index in [0.717, 1.165) is 11.1 Å². The average molecular weight is 539 g/mol. The lowest BCUT2D eigenvalue weighted by atomic mass is 10.1. The second-order valence-electron chi connectivity index (χ2n) is 9.10. The number of amides is 2. The van der Waals surface area contributed by atoms with Crippen molar-refractivity contribution in [3.8, 4) is 11.5 Å². The second kappa shape index (κ2) is 11.9. The Morgan fingerprint density at radius 3 is 1.55 bits per heavy atom. The Balaban J connectivity index is 1.12. The molecule has 3 aromatic carbocycles. The number of benzene rings is 3. The molecule has 0 saturated heterocycles. The van der Waals surface area contributed by atoms with Crippen molar-refractivity contribution in [2.75, 3.05) is 0 Å². The fourth-order valence-electron chi connectivity index (χ4n) is 4.02. The summed E-state index contributed by atoms with van der Waals surface area (Å²) in [4.78, 5) is 25.4. The molecule has 202 valence electrons. The molecule has 12 heteroatoms. The van der Waals surface area contributed by atoms with Gasteiger partial charge in [-0.05, 0) is 53.6 Å². The monoisotopic (exact) mass is 538 g/mol. The molecule has 5 aromatic rings. The minimum atomic E-state index is -0.355. The van der Waals surface area contributed by atoms with Crippen molar-refractivity contribution in [3.63, 3.8) is 0 Å². The summed E-state index contributed by atoms with van der Waals surface area (Å²) in [5.41, 5.74) is 3.54. The van der Waals surface area contributed by atoms with Crippen LogP contribution in [0.25, 0.3) is 0 Å². The van der Waals surface area contributed by atoms with E-state index in [2.05, 4.69) is 31.3 Å². The number of aromatic hydroxyl groups is 2. The van der Waals surface area contributed by atoms with Crippen LogP contribution in [0.1, 0.15) is 43.2 Å². The van der Waals surface area contributed by atoms with Gasteiger partial charge in [0.2, 0.25) is 0 Å². The molecule has 0 atom stereocenters. The number of hydrogen-bond donors (Lipinski definition) is 4. The van der Waals surface area contributed by atoms with Crippen molar-refractivity contribution in [3.05, 3.63) is 119 Å². The molecular weight excluding hydrogens is 512 g/mol. The predicted molar refractivity (Wildman–Crippen MR) is 143 cm³/mol. The van der Waals surface area contributed by atoms with Crippen LogP contribution in [0.2, 0.25) is 0 Å². The largest absolute Gasteiger partial charge is 0.508 e. The number of nitrogens with one attached hydrogen (secondary N) is 2. The molecule has 2 heterocycles. The van der Waals surface area contributed by atoms with E-state index in [9.17, 15) is 19.8 Å². The van der Waals surface area contributed by atoms with Gasteiger partial charge in [-0.1, -0.05) is 40.8 Å². The minimum absolute atomic E-state index is 0.160. The van der Waals surface area contributed by atoms with Gasteiger partial charge in [-0.25, -0.2) is 9.36 Å². The lowest BCUT2D eigenvalue weighted by Crippen LogP contribution is -2.25. The Kier molecular flexibility index (Phi) is 7.77. The third kappa shape index (κ3) is 6.86. The van der Waals surface area contributed by atoms with Gasteiger partial charge in [0.05, 0.1) is 38.6 Å².